The Balaban J connectivity index is 1.83. The van der Waals surface area contributed by atoms with E-state index in [0.29, 0.717) is 5.56 Å². The lowest BCUT2D eigenvalue weighted by Crippen LogP contribution is -2.25. The molecule has 166 valence electrons. The Morgan fingerprint density at radius 2 is 1.75 bits per heavy atom. The van der Waals surface area contributed by atoms with Crippen molar-refractivity contribution in [3.05, 3.63) is 92.9 Å². The van der Waals surface area contributed by atoms with E-state index in [9.17, 15) is 27.6 Å². The quantitative estimate of drug-likeness (QED) is 0.421. The fourth-order valence-corrected chi connectivity index (χ4v) is 2.97. The summed E-state index contributed by atoms with van der Waals surface area (Å²) in [5, 5.41) is 3.89. The molecule has 0 fully saturated rings. The van der Waals surface area contributed by atoms with Crippen molar-refractivity contribution in [1.29, 1.82) is 0 Å². The van der Waals surface area contributed by atoms with Crippen LogP contribution in [0.3, 0.4) is 0 Å². The maximum atomic E-state index is 13.0. The molecule has 1 aromatic heterocycles. The van der Waals surface area contributed by atoms with E-state index in [1.807, 2.05) is 6.92 Å². The van der Waals surface area contributed by atoms with Crippen LogP contribution in [-0.2, 0) is 17.3 Å². The first-order valence-electron chi connectivity index (χ1n) is 9.68. The first kappa shape index (κ1) is 22.9. The molecular weight excluding hydrogens is 425 g/mol. The molecule has 9 heteroatoms. The van der Waals surface area contributed by atoms with E-state index in [1.54, 1.807) is 24.3 Å². The third kappa shape index (κ3) is 5.11. The highest BCUT2D eigenvalue weighted by Crippen LogP contribution is 2.30. The summed E-state index contributed by atoms with van der Waals surface area (Å²) in [4.78, 5) is 36.9. The van der Waals surface area contributed by atoms with Crippen molar-refractivity contribution in [1.82, 2.24) is 9.78 Å². The average Bonchev–Trinajstić information content (AvgIpc) is 2.77. The van der Waals surface area contributed by atoms with Crippen LogP contribution in [-0.4, -0.2) is 28.1 Å². The van der Waals surface area contributed by atoms with Gasteiger partial charge in [0.1, 0.15) is 0 Å². The number of esters is 1. The maximum absolute atomic E-state index is 13.0. The Morgan fingerprint density at radius 3 is 2.38 bits per heavy atom. The molecule has 0 saturated heterocycles. The van der Waals surface area contributed by atoms with Gasteiger partial charge in [-0.05, 0) is 37.1 Å². The lowest BCUT2D eigenvalue weighted by Gasteiger charge is -2.13. The van der Waals surface area contributed by atoms with Crippen LogP contribution in [0.4, 0.5) is 13.2 Å². The van der Waals surface area contributed by atoms with Crippen molar-refractivity contribution < 1.29 is 27.5 Å². The van der Waals surface area contributed by atoms with Gasteiger partial charge in [-0.15, -0.1) is 0 Å². The van der Waals surface area contributed by atoms with Crippen molar-refractivity contribution >= 4 is 11.8 Å². The Labute approximate surface area is 181 Å². The van der Waals surface area contributed by atoms with Crippen molar-refractivity contribution in [3.8, 4) is 5.69 Å². The number of hydrogen-bond donors (Lipinski definition) is 0. The predicted molar refractivity (Wildman–Crippen MR) is 110 cm³/mol. The highest BCUT2D eigenvalue weighted by molar-refractivity contribution is 5.99. The largest absolute Gasteiger partial charge is 0.452 e. The molecule has 0 radical (unpaired) electrons. The van der Waals surface area contributed by atoms with Gasteiger partial charge in [-0.3, -0.25) is 9.59 Å². The Hall–Kier alpha value is -3.75. The van der Waals surface area contributed by atoms with Gasteiger partial charge in [0.2, 0.25) is 11.1 Å². The summed E-state index contributed by atoms with van der Waals surface area (Å²) in [5.74, 6) is -1.61. The second kappa shape index (κ2) is 9.17. The molecule has 3 rings (SSSR count). The molecule has 0 unspecified atom stereocenters. The van der Waals surface area contributed by atoms with E-state index in [2.05, 4.69) is 5.10 Å². The van der Waals surface area contributed by atoms with Gasteiger partial charge >= 0.3 is 12.1 Å². The fraction of sp³-hybridized carbons (Fsp3) is 0.217. The number of aryl methyl sites for hydroxylation is 2. The van der Waals surface area contributed by atoms with Gasteiger partial charge in [0.05, 0.1) is 11.3 Å². The SMILES string of the molecule is CCc1ccc(C(=O)COC(=O)c2nn(-c3cccc(C(F)(F)F)c3)c(C)cc2=O)cc1. The summed E-state index contributed by atoms with van der Waals surface area (Å²) < 4.78 is 45.1. The number of ketones is 1. The summed E-state index contributed by atoms with van der Waals surface area (Å²) in [7, 11) is 0. The molecule has 0 amide bonds. The lowest BCUT2D eigenvalue weighted by molar-refractivity contribution is -0.137. The topological polar surface area (TPSA) is 78.3 Å². The van der Waals surface area contributed by atoms with Gasteiger partial charge in [0.15, 0.2) is 12.4 Å². The van der Waals surface area contributed by atoms with Crippen LogP contribution < -0.4 is 5.43 Å². The molecule has 6 nitrogen and oxygen atoms in total. The molecule has 0 saturated carbocycles. The van der Waals surface area contributed by atoms with Gasteiger partial charge in [-0.25, -0.2) is 9.48 Å². The van der Waals surface area contributed by atoms with Crippen LogP contribution in [0, 0.1) is 6.92 Å². The molecule has 0 aliphatic carbocycles. The van der Waals surface area contributed by atoms with E-state index >= 15 is 0 Å². The summed E-state index contributed by atoms with van der Waals surface area (Å²) in [6.45, 7) is 2.83. The molecule has 1 heterocycles. The third-order valence-electron chi connectivity index (χ3n) is 4.74. The number of rotatable bonds is 6. The molecule has 0 bridgehead atoms. The molecule has 0 aliphatic heterocycles. The van der Waals surface area contributed by atoms with Gasteiger partial charge in [0, 0.05) is 17.3 Å². The standard InChI is InChI=1S/C23H19F3N2O4/c1-3-15-7-9-16(10-8-15)20(30)13-32-22(31)21-19(29)11-14(2)28(27-21)18-6-4-5-17(12-18)23(24,25)26/h4-12H,3,13H2,1-2H3. The van der Waals surface area contributed by atoms with E-state index in [1.165, 1.54) is 19.1 Å². The minimum Gasteiger partial charge on any atom is -0.452 e. The van der Waals surface area contributed by atoms with Crippen LogP contribution in [0.2, 0.25) is 0 Å². The smallest absolute Gasteiger partial charge is 0.416 e. The monoisotopic (exact) mass is 444 g/mol. The molecule has 0 spiro atoms. The van der Waals surface area contributed by atoms with Gasteiger partial charge in [-0.2, -0.15) is 18.3 Å². The first-order chi connectivity index (χ1) is 15.1. The van der Waals surface area contributed by atoms with E-state index in [-0.39, 0.29) is 11.4 Å². The normalized spacial score (nSPS) is 11.3. The zero-order valence-corrected chi connectivity index (χ0v) is 17.3. The van der Waals surface area contributed by atoms with Gasteiger partial charge in [-0.1, -0.05) is 37.3 Å². The van der Waals surface area contributed by atoms with E-state index < -0.39 is 41.2 Å². The van der Waals surface area contributed by atoms with Gasteiger partial charge < -0.3 is 4.74 Å². The van der Waals surface area contributed by atoms with Crippen LogP contribution in [0.5, 0.6) is 0 Å². The number of aromatic nitrogens is 2. The highest BCUT2D eigenvalue weighted by atomic mass is 19.4. The Bertz CT molecular complexity index is 1220. The molecule has 0 N–H and O–H groups in total. The summed E-state index contributed by atoms with van der Waals surface area (Å²) >= 11 is 0. The fourth-order valence-electron chi connectivity index (χ4n) is 2.97. The summed E-state index contributed by atoms with van der Waals surface area (Å²) in [6.07, 6.45) is -3.76. The number of nitrogens with zero attached hydrogens (tertiary/aromatic N) is 2. The summed E-state index contributed by atoms with van der Waals surface area (Å²) in [5.41, 5.74) is -0.696. The first-order valence-corrected chi connectivity index (χ1v) is 9.68. The third-order valence-corrected chi connectivity index (χ3v) is 4.74. The molecule has 32 heavy (non-hydrogen) atoms. The number of carbonyl (C=O) groups excluding carboxylic acids is 2. The maximum Gasteiger partial charge on any atom is 0.416 e. The molecular formula is C23H19F3N2O4. The van der Waals surface area contributed by atoms with Gasteiger partial charge in [0.25, 0.3) is 0 Å². The van der Waals surface area contributed by atoms with Crippen LogP contribution in [0.1, 0.15) is 44.6 Å². The number of alkyl halides is 3. The number of halogens is 3. The highest BCUT2D eigenvalue weighted by Gasteiger charge is 2.30. The minimum atomic E-state index is -4.57. The number of ether oxygens (including phenoxy) is 1. The van der Waals surface area contributed by atoms with Crippen LogP contribution in [0.25, 0.3) is 5.69 Å². The molecule has 2 aromatic carbocycles. The molecule has 0 aliphatic rings. The lowest BCUT2D eigenvalue weighted by atomic mass is 10.1. The minimum absolute atomic E-state index is 0.0125. The van der Waals surface area contributed by atoms with E-state index in [4.69, 9.17) is 4.74 Å². The van der Waals surface area contributed by atoms with Crippen LogP contribution >= 0.6 is 0 Å². The number of hydrogen-bond acceptors (Lipinski definition) is 5. The number of benzene rings is 2. The molecule has 0 atom stereocenters. The Kier molecular flexibility index (Phi) is 6.57. The zero-order chi connectivity index (χ0) is 23.5. The number of Topliss-reactive ketones (excluding diaryl/α,β-unsaturated/α-hetero) is 1. The Morgan fingerprint density at radius 1 is 1.06 bits per heavy atom. The zero-order valence-electron chi connectivity index (χ0n) is 17.3. The second-order valence-corrected chi connectivity index (χ2v) is 7.01. The summed E-state index contributed by atoms with van der Waals surface area (Å²) in [6, 6.07) is 12.2. The van der Waals surface area contributed by atoms with Crippen molar-refractivity contribution in [3.63, 3.8) is 0 Å². The van der Waals surface area contributed by atoms with Crippen molar-refractivity contribution in [2.75, 3.05) is 6.61 Å². The average molecular weight is 444 g/mol. The van der Waals surface area contributed by atoms with E-state index in [0.717, 1.165) is 34.9 Å². The van der Waals surface area contributed by atoms with Crippen LogP contribution in [0.15, 0.2) is 59.4 Å². The number of carbonyl (C=O) groups is 2. The van der Waals surface area contributed by atoms with Crippen molar-refractivity contribution in [2.24, 2.45) is 0 Å². The second-order valence-electron chi connectivity index (χ2n) is 7.01. The van der Waals surface area contributed by atoms with Crippen molar-refractivity contribution in [2.45, 2.75) is 26.4 Å². The molecule has 3 aromatic rings. The predicted octanol–water partition coefficient (Wildman–Crippen LogP) is 4.16.